The number of carbonyl (C=O) groups is 1. The lowest BCUT2D eigenvalue weighted by atomic mass is 9.77. The maximum absolute atomic E-state index is 12.9. The number of rotatable bonds is 4. The molecule has 2 fully saturated rings. The van der Waals surface area contributed by atoms with Crippen molar-refractivity contribution in [1.82, 2.24) is 14.8 Å². The molecule has 5 nitrogen and oxygen atoms in total. The number of likely N-dealkylation sites (tertiary alicyclic amines) is 1. The van der Waals surface area contributed by atoms with Gasteiger partial charge in [-0.3, -0.25) is 9.69 Å². The Kier molecular flexibility index (Phi) is 4.81. The molecular weight excluding hydrogens is 326 g/mol. The van der Waals surface area contributed by atoms with Gasteiger partial charge in [0.15, 0.2) is 0 Å². The van der Waals surface area contributed by atoms with E-state index >= 15 is 0 Å². The minimum Gasteiger partial charge on any atom is -0.468 e. The fourth-order valence-electron chi connectivity index (χ4n) is 4.74. The molecule has 0 N–H and O–H groups in total. The van der Waals surface area contributed by atoms with Crippen molar-refractivity contribution in [2.45, 2.75) is 38.8 Å². The third-order valence-corrected chi connectivity index (χ3v) is 6.01. The van der Waals surface area contributed by atoms with Crippen molar-refractivity contribution < 1.29 is 9.21 Å². The summed E-state index contributed by atoms with van der Waals surface area (Å²) in [5.41, 5.74) is 1.47. The number of nitrogens with zero attached hydrogens (tertiary/aromatic N) is 3. The summed E-state index contributed by atoms with van der Waals surface area (Å²) < 4.78 is 5.52. The Labute approximate surface area is 155 Å². The van der Waals surface area contributed by atoms with Crippen LogP contribution in [0.15, 0.2) is 41.0 Å². The van der Waals surface area contributed by atoms with Gasteiger partial charge in [0.1, 0.15) is 11.5 Å². The van der Waals surface area contributed by atoms with Gasteiger partial charge in [0.25, 0.3) is 5.91 Å². The first kappa shape index (κ1) is 17.3. The monoisotopic (exact) mass is 353 g/mol. The Morgan fingerprint density at radius 3 is 2.92 bits per heavy atom. The van der Waals surface area contributed by atoms with Crippen LogP contribution in [-0.4, -0.2) is 46.9 Å². The highest BCUT2D eigenvalue weighted by molar-refractivity contribution is 5.92. The van der Waals surface area contributed by atoms with Crippen molar-refractivity contribution >= 4 is 5.91 Å². The number of pyridine rings is 1. The van der Waals surface area contributed by atoms with Gasteiger partial charge in [0.2, 0.25) is 0 Å². The van der Waals surface area contributed by atoms with Gasteiger partial charge in [0.05, 0.1) is 12.8 Å². The fourth-order valence-corrected chi connectivity index (χ4v) is 4.74. The van der Waals surface area contributed by atoms with Crippen LogP contribution in [0, 0.1) is 18.8 Å². The van der Waals surface area contributed by atoms with E-state index in [1.807, 2.05) is 42.2 Å². The number of aromatic nitrogens is 1. The Hall–Kier alpha value is -2.14. The molecule has 5 heteroatoms. The van der Waals surface area contributed by atoms with Crippen molar-refractivity contribution in [2.24, 2.45) is 11.8 Å². The summed E-state index contributed by atoms with van der Waals surface area (Å²) in [5, 5.41) is 0. The lowest BCUT2D eigenvalue weighted by Crippen LogP contribution is -2.43. The van der Waals surface area contributed by atoms with Crippen LogP contribution in [0.1, 0.15) is 41.2 Å². The van der Waals surface area contributed by atoms with Crippen LogP contribution in [0.25, 0.3) is 0 Å². The van der Waals surface area contributed by atoms with Crippen LogP contribution in [0.2, 0.25) is 0 Å². The fraction of sp³-hybridized carbons (Fsp3) is 0.524. The summed E-state index contributed by atoms with van der Waals surface area (Å²) in [5.74, 6) is 2.22. The summed E-state index contributed by atoms with van der Waals surface area (Å²) in [7, 11) is 2.18. The predicted octanol–water partition coefficient (Wildman–Crippen LogP) is 3.36. The summed E-state index contributed by atoms with van der Waals surface area (Å²) in [6.45, 7) is 4.46. The quantitative estimate of drug-likeness (QED) is 0.846. The molecule has 138 valence electrons. The number of hydrogen-bond donors (Lipinski definition) is 0. The first-order valence-electron chi connectivity index (χ1n) is 9.57. The van der Waals surface area contributed by atoms with Gasteiger partial charge in [-0.25, -0.2) is 4.98 Å². The lowest BCUT2D eigenvalue weighted by molar-refractivity contribution is 0.0761. The minimum atomic E-state index is 0.0792. The normalized spacial score (nSPS) is 25.5. The van der Waals surface area contributed by atoms with Gasteiger partial charge in [0, 0.05) is 24.8 Å². The number of fused-ring (bicyclic) bond motifs is 1. The van der Waals surface area contributed by atoms with E-state index in [-0.39, 0.29) is 5.91 Å². The number of amides is 1. The highest BCUT2D eigenvalue weighted by atomic mass is 16.3. The SMILES string of the molecule is Cc1cccc(C(=O)N2C[C@@H]3CCC[C@H](N(C)Cc4ccco4)[C@@H]3C2)n1. The largest absolute Gasteiger partial charge is 0.468 e. The highest BCUT2D eigenvalue weighted by Crippen LogP contribution is 2.39. The zero-order chi connectivity index (χ0) is 18.1. The van der Waals surface area contributed by atoms with Gasteiger partial charge in [-0.1, -0.05) is 12.5 Å². The molecule has 0 aromatic carbocycles. The van der Waals surface area contributed by atoms with E-state index in [0.717, 1.165) is 31.1 Å². The average molecular weight is 353 g/mol. The molecule has 3 heterocycles. The van der Waals surface area contributed by atoms with Crippen molar-refractivity contribution in [1.29, 1.82) is 0 Å². The second-order valence-electron chi connectivity index (χ2n) is 7.79. The number of hydrogen-bond acceptors (Lipinski definition) is 4. The molecule has 1 amide bonds. The molecule has 0 unspecified atom stereocenters. The first-order chi connectivity index (χ1) is 12.6. The van der Waals surface area contributed by atoms with E-state index in [2.05, 4.69) is 16.9 Å². The van der Waals surface area contributed by atoms with E-state index in [9.17, 15) is 4.79 Å². The lowest BCUT2D eigenvalue weighted by Gasteiger charge is -2.38. The number of furan rings is 1. The Bertz CT molecular complexity index is 758. The van der Waals surface area contributed by atoms with E-state index in [1.165, 1.54) is 19.3 Å². The van der Waals surface area contributed by atoms with Crippen molar-refractivity contribution in [3.8, 4) is 0 Å². The van der Waals surface area contributed by atoms with Crippen LogP contribution in [0.5, 0.6) is 0 Å². The maximum atomic E-state index is 12.9. The molecule has 0 spiro atoms. The molecule has 0 radical (unpaired) electrons. The van der Waals surface area contributed by atoms with Gasteiger partial charge in [-0.05, 0) is 62.9 Å². The topological polar surface area (TPSA) is 49.6 Å². The average Bonchev–Trinajstić information content (AvgIpc) is 3.29. The van der Waals surface area contributed by atoms with Gasteiger partial charge >= 0.3 is 0 Å². The van der Waals surface area contributed by atoms with E-state index in [0.29, 0.717) is 23.6 Å². The molecule has 2 aliphatic rings. The molecule has 3 atom stereocenters. The first-order valence-corrected chi connectivity index (χ1v) is 9.57. The molecule has 1 aliphatic heterocycles. The third kappa shape index (κ3) is 3.40. The minimum absolute atomic E-state index is 0.0792. The van der Waals surface area contributed by atoms with E-state index in [1.54, 1.807) is 6.26 Å². The second-order valence-corrected chi connectivity index (χ2v) is 7.79. The summed E-state index contributed by atoms with van der Waals surface area (Å²) in [4.78, 5) is 21.8. The Morgan fingerprint density at radius 1 is 1.27 bits per heavy atom. The third-order valence-electron chi connectivity index (χ3n) is 6.01. The van der Waals surface area contributed by atoms with Crippen molar-refractivity contribution in [3.05, 3.63) is 53.7 Å². The summed E-state index contributed by atoms with van der Waals surface area (Å²) >= 11 is 0. The molecule has 1 aliphatic carbocycles. The number of aryl methyl sites for hydroxylation is 1. The molecular formula is C21H27N3O2. The molecule has 26 heavy (non-hydrogen) atoms. The molecule has 4 rings (SSSR count). The zero-order valence-corrected chi connectivity index (χ0v) is 15.6. The standard InChI is InChI=1S/C21H27N3O2/c1-15-6-3-9-19(22-15)21(25)24-12-16-7-4-10-20(18(16)14-24)23(2)13-17-8-5-11-26-17/h3,5-6,8-9,11,16,18,20H,4,7,10,12-14H2,1-2H3/t16-,18+,20-/m0/s1. The van der Waals surface area contributed by atoms with E-state index in [4.69, 9.17) is 4.42 Å². The van der Waals surface area contributed by atoms with Crippen LogP contribution in [-0.2, 0) is 6.54 Å². The summed E-state index contributed by atoms with van der Waals surface area (Å²) in [6, 6.07) is 10.2. The Morgan fingerprint density at radius 2 is 2.15 bits per heavy atom. The van der Waals surface area contributed by atoms with Gasteiger partial charge < -0.3 is 9.32 Å². The van der Waals surface area contributed by atoms with Gasteiger partial charge in [-0.15, -0.1) is 0 Å². The van der Waals surface area contributed by atoms with Crippen LogP contribution >= 0.6 is 0 Å². The summed E-state index contributed by atoms with van der Waals surface area (Å²) in [6.07, 6.45) is 5.39. The molecule has 1 saturated carbocycles. The van der Waals surface area contributed by atoms with Crippen LogP contribution in [0.4, 0.5) is 0 Å². The number of carbonyl (C=O) groups excluding carboxylic acids is 1. The Balaban J connectivity index is 1.46. The zero-order valence-electron chi connectivity index (χ0n) is 15.6. The molecule has 2 aromatic rings. The van der Waals surface area contributed by atoms with E-state index < -0.39 is 0 Å². The predicted molar refractivity (Wildman–Crippen MR) is 99.7 cm³/mol. The van der Waals surface area contributed by atoms with Crippen LogP contribution < -0.4 is 0 Å². The smallest absolute Gasteiger partial charge is 0.272 e. The van der Waals surface area contributed by atoms with Gasteiger partial charge in [-0.2, -0.15) is 0 Å². The molecule has 1 saturated heterocycles. The maximum Gasteiger partial charge on any atom is 0.272 e. The van der Waals surface area contributed by atoms with Crippen molar-refractivity contribution in [2.75, 3.05) is 20.1 Å². The highest BCUT2D eigenvalue weighted by Gasteiger charge is 2.43. The van der Waals surface area contributed by atoms with Crippen molar-refractivity contribution in [3.63, 3.8) is 0 Å². The van der Waals surface area contributed by atoms with Crippen LogP contribution in [0.3, 0.4) is 0 Å². The molecule has 0 bridgehead atoms. The molecule has 2 aromatic heterocycles. The second kappa shape index (κ2) is 7.23.